The summed E-state index contributed by atoms with van der Waals surface area (Å²) in [5.74, 6) is -1.83. The van der Waals surface area contributed by atoms with Gasteiger partial charge >= 0.3 is 11.8 Å². The van der Waals surface area contributed by atoms with Crippen LogP contribution in [0.4, 0.5) is 5.69 Å². The maximum atomic E-state index is 12.0. The largest absolute Gasteiger partial charge is 0.349 e. The number of amides is 3. The maximum absolute atomic E-state index is 12.0. The molecule has 0 spiro atoms. The van der Waals surface area contributed by atoms with E-state index in [0.29, 0.717) is 24.3 Å². The highest BCUT2D eigenvalue weighted by atomic mass is 16.2. The highest BCUT2D eigenvalue weighted by Gasteiger charge is 2.17. The van der Waals surface area contributed by atoms with Crippen molar-refractivity contribution in [1.82, 2.24) is 10.6 Å². The van der Waals surface area contributed by atoms with E-state index in [1.165, 1.54) is 0 Å². The Morgan fingerprint density at radius 1 is 1.04 bits per heavy atom. The van der Waals surface area contributed by atoms with Gasteiger partial charge in [-0.05, 0) is 18.6 Å². The number of hydrogen-bond donors (Lipinski definition) is 3. The van der Waals surface area contributed by atoms with Gasteiger partial charge < -0.3 is 16.0 Å². The minimum atomic E-state index is -0.783. The van der Waals surface area contributed by atoms with Gasteiger partial charge in [-0.2, -0.15) is 0 Å². The van der Waals surface area contributed by atoms with Crippen molar-refractivity contribution in [3.05, 3.63) is 42.5 Å². The second-order valence-corrected chi connectivity index (χ2v) is 5.31. The van der Waals surface area contributed by atoms with Crippen molar-refractivity contribution in [2.75, 3.05) is 18.4 Å². The number of hydrogen-bond acceptors (Lipinski definition) is 3. The van der Waals surface area contributed by atoms with Gasteiger partial charge in [-0.1, -0.05) is 44.4 Å². The van der Waals surface area contributed by atoms with E-state index in [0.717, 1.165) is 25.7 Å². The summed E-state index contributed by atoms with van der Waals surface area (Å²) in [5.41, 5.74) is 0.591. The maximum Gasteiger partial charge on any atom is 0.313 e. The molecular weight excluding hydrogens is 306 g/mol. The molecule has 24 heavy (non-hydrogen) atoms. The molecule has 1 aromatic rings. The summed E-state index contributed by atoms with van der Waals surface area (Å²) in [7, 11) is 0. The second kappa shape index (κ2) is 11.0. The van der Waals surface area contributed by atoms with E-state index in [4.69, 9.17) is 0 Å². The molecule has 0 radical (unpaired) electrons. The van der Waals surface area contributed by atoms with Crippen LogP contribution in [0.2, 0.25) is 0 Å². The van der Waals surface area contributed by atoms with Crippen molar-refractivity contribution >= 4 is 23.4 Å². The number of carbonyl (C=O) groups excluding carboxylic acids is 3. The zero-order chi connectivity index (χ0) is 17.8. The first-order chi connectivity index (χ1) is 11.6. The van der Waals surface area contributed by atoms with Crippen LogP contribution >= 0.6 is 0 Å². The lowest BCUT2D eigenvalue weighted by Gasteiger charge is -2.11. The van der Waals surface area contributed by atoms with Crippen molar-refractivity contribution in [3.8, 4) is 0 Å². The molecule has 0 bridgehead atoms. The molecule has 0 aliphatic carbocycles. The van der Waals surface area contributed by atoms with Crippen LogP contribution in [0.25, 0.3) is 0 Å². The lowest BCUT2D eigenvalue weighted by atomic mass is 10.1. The van der Waals surface area contributed by atoms with Gasteiger partial charge in [0.2, 0.25) is 0 Å². The molecule has 0 aliphatic rings. The van der Waals surface area contributed by atoms with Crippen LogP contribution in [-0.4, -0.2) is 30.8 Å². The molecule has 0 fully saturated rings. The van der Waals surface area contributed by atoms with Crippen molar-refractivity contribution in [2.45, 2.75) is 32.6 Å². The number of benzene rings is 1. The molecule has 6 heteroatoms. The average Bonchev–Trinajstić information content (AvgIpc) is 2.59. The van der Waals surface area contributed by atoms with E-state index in [9.17, 15) is 14.4 Å². The van der Waals surface area contributed by atoms with E-state index in [1.54, 1.807) is 30.3 Å². The molecule has 0 aromatic heterocycles. The molecule has 0 heterocycles. The zero-order valence-electron chi connectivity index (χ0n) is 14.1. The summed E-state index contributed by atoms with van der Waals surface area (Å²) in [4.78, 5) is 35.8. The lowest BCUT2D eigenvalue weighted by Crippen LogP contribution is -2.36. The zero-order valence-corrected chi connectivity index (χ0v) is 14.1. The molecular formula is C18H25N3O3. The van der Waals surface area contributed by atoms with E-state index in [2.05, 4.69) is 29.5 Å². The Kier molecular flexibility index (Phi) is 8.89. The van der Waals surface area contributed by atoms with Gasteiger partial charge in [0.05, 0.1) is 11.3 Å². The number of rotatable bonds is 9. The summed E-state index contributed by atoms with van der Waals surface area (Å²) >= 11 is 0. The van der Waals surface area contributed by atoms with Crippen LogP contribution in [-0.2, 0) is 9.59 Å². The summed E-state index contributed by atoms with van der Waals surface area (Å²) in [6.07, 6.45) is 5.64. The first kappa shape index (κ1) is 19.4. The molecule has 1 rings (SSSR count). The fourth-order valence-electron chi connectivity index (χ4n) is 2.06. The Morgan fingerprint density at radius 2 is 1.79 bits per heavy atom. The van der Waals surface area contributed by atoms with Crippen LogP contribution in [0, 0.1) is 0 Å². The van der Waals surface area contributed by atoms with E-state index in [1.807, 2.05) is 0 Å². The Labute approximate surface area is 142 Å². The predicted molar refractivity (Wildman–Crippen MR) is 94.8 cm³/mol. The third-order valence-electron chi connectivity index (χ3n) is 3.35. The Bertz CT molecular complexity index is 585. The molecule has 0 aliphatic heterocycles. The SMILES string of the molecule is C=CCNC(=O)c1ccccc1NC(=O)C(=O)NCCCCCC. The van der Waals surface area contributed by atoms with Crippen LogP contribution in [0.1, 0.15) is 43.0 Å². The van der Waals surface area contributed by atoms with Crippen LogP contribution in [0.15, 0.2) is 36.9 Å². The Morgan fingerprint density at radius 3 is 2.50 bits per heavy atom. The summed E-state index contributed by atoms with van der Waals surface area (Å²) in [6.45, 7) is 6.42. The van der Waals surface area contributed by atoms with Gasteiger partial charge in [0, 0.05) is 13.1 Å². The first-order valence-electron chi connectivity index (χ1n) is 8.17. The smallest absolute Gasteiger partial charge is 0.313 e. The monoisotopic (exact) mass is 331 g/mol. The van der Waals surface area contributed by atoms with Gasteiger partial charge in [0.15, 0.2) is 0 Å². The highest BCUT2D eigenvalue weighted by Crippen LogP contribution is 2.14. The van der Waals surface area contributed by atoms with E-state index >= 15 is 0 Å². The second-order valence-electron chi connectivity index (χ2n) is 5.31. The highest BCUT2D eigenvalue weighted by molar-refractivity contribution is 6.40. The quantitative estimate of drug-likeness (QED) is 0.368. The van der Waals surface area contributed by atoms with Crippen LogP contribution in [0.5, 0.6) is 0 Å². The molecule has 0 atom stereocenters. The van der Waals surface area contributed by atoms with Crippen LogP contribution < -0.4 is 16.0 Å². The topological polar surface area (TPSA) is 87.3 Å². The van der Waals surface area contributed by atoms with Crippen molar-refractivity contribution in [2.24, 2.45) is 0 Å². The van der Waals surface area contributed by atoms with Crippen LogP contribution in [0.3, 0.4) is 0 Å². The first-order valence-corrected chi connectivity index (χ1v) is 8.17. The molecule has 130 valence electrons. The summed E-state index contributed by atoms with van der Waals surface area (Å²) in [6, 6.07) is 6.53. The van der Waals surface area contributed by atoms with Gasteiger partial charge in [0.25, 0.3) is 5.91 Å². The molecule has 0 saturated heterocycles. The number of nitrogens with one attached hydrogen (secondary N) is 3. The fraction of sp³-hybridized carbons (Fsp3) is 0.389. The fourth-order valence-corrected chi connectivity index (χ4v) is 2.06. The summed E-state index contributed by atoms with van der Waals surface area (Å²) in [5, 5.41) is 7.70. The normalized spacial score (nSPS) is 9.88. The summed E-state index contributed by atoms with van der Waals surface area (Å²) < 4.78 is 0. The number of anilines is 1. The molecule has 3 amide bonds. The third-order valence-corrected chi connectivity index (χ3v) is 3.35. The van der Waals surface area contributed by atoms with Crippen molar-refractivity contribution in [1.29, 1.82) is 0 Å². The lowest BCUT2D eigenvalue weighted by molar-refractivity contribution is -0.136. The number of para-hydroxylation sites is 1. The van der Waals surface area contributed by atoms with Crippen molar-refractivity contribution < 1.29 is 14.4 Å². The molecule has 0 unspecified atom stereocenters. The molecule has 1 aromatic carbocycles. The molecule has 0 saturated carbocycles. The third kappa shape index (κ3) is 6.64. The van der Waals surface area contributed by atoms with Gasteiger partial charge in [-0.3, -0.25) is 14.4 Å². The predicted octanol–water partition coefficient (Wildman–Crippen LogP) is 2.24. The van der Waals surface area contributed by atoms with Gasteiger partial charge in [-0.25, -0.2) is 0 Å². The van der Waals surface area contributed by atoms with E-state index in [-0.39, 0.29) is 5.91 Å². The minimum absolute atomic E-state index is 0.295. The number of carbonyl (C=O) groups is 3. The molecule has 3 N–H and O–H groups in total. The van der Waals surface area contributed by atoms with Gasteiger partial charge in [0.1, 0.15) is 0 Å². The average molecular weight is 331 g/mol. The van der Waals surface area contributed by atoms with E-state index < -0.39 is 11.8 Å². The molecule has 6 nitrogen and oxygen atoms in total. The Hall–Kier alpha value is -2.63. The number of unbranched alkanes of at least 4 members (excludes halogenated alkanes) is 3. The Balaban J connectivity index is 2.58. The van der Waals surface area contributed by atoms with Gasteiger partial charge in [-0.15, -0.1) is 6.58 Å². The minimum Gasteiger partial charge on any atom is -0.349 e. The standard InChI is InChI=1S/C18H25N3O3/c1-3-5-6-9-13-20-17(23)18(24)21-15-11-8-7-10-14(15)16(22)19-12-4-2/h4,7-8,10-11H,2-3,5-6,9,12-13H2,1H3,(H,19,22)(H,20,23)(H,21,24). The van der Waals surface area contributed by atoms with Crippen molar-refractivity contribution in [3.63, 3.8) is 0 Å².